The third-order valence-electron chi connectivity index (χ3n) is 3.35. The number of hydrogen-bond donors (Lipinski definition) is 1. The van der Waals surface area contributed by atoms with Crippen LogP contribution in [0, 0.1) is 0 Å². The quantitative estimate of drug-likeness (QED) is 0.866. The van der Waals surface area contributed by atoms with Gasteiger partial charge in [-0.3, -0.25) is 0 Å². The van der Waals surface area contributed by atoms with Crippen LogP contribution in [0.5, 0.6) is 0 Å². The summed E-state index contributed by atoms with van der Waals surface area (Å²) in [4.78, 5) is 1.41. The van der Waals surface area contributed by atoms with Gasteiger partial charge < -0.3 is 5.73 Å². The lowest BCUT2D eigenvalue weighted by atomic mass is 9.96. The smallest absolute Gasteiger partial charge is 0.00955 e. The number of aryl methyl sites for hydroxylation is 1. The van der Waals surface area contributed by atoms with Crippen LogP contribution < -0.4 is 5.73 Å². The summed E-state index contributed by atoms with van der Waals surface area (Å²) in [5.41, 5.74) is 7.34. The molecule has 0 aliphatic heterocycles. The summed E-state index contributed by atoms with van der Waals surface area (Å²) in [6.45, 7) is 2.20. The molecule has 0 heterocycles. The number of rotatable bonds is 3. The van der Waals surface area contributed by atoms with Crippen molar-refractivity contribution < 1.29 is 0 Å². The van der Waals surface area contributed by atoms with Crippen molar-refractivity contribution >= 4 is 11.8 Å². The van der Waals surface area contributed by atoms with Crippen molar-refractivity contribution in [2.24, 2.45) is 5.73 Å². The highest BCUT2D eigenvalue weighted by Gasteiger charge is 2.19. The van der Waals surface area contributed by atoms with Crippen LogP contribution in [0.3, 0.4) is 0 Å². The maximum absolute atomic E-state index is 5.92. The van der Waals surface area contributed by atoms with Crippen molar-refractivity contribution in [3.63, 3.8) is 0 Å². The average Bonchev–Trinajstić information content (AvgIpc) is 2.33. The molecule has 0 aromatic heterocycles. The van der Waals surface area contributed by atoms with Gasteiger partial charge in [-0.15, -0.1) is 11.8 Å². The predicted octanol–water partition coefficient (Wildman–Crippen LogP) is 3.61. The van der Waals surface area contributed by atoms with Crippen molar-refractivity contribution in [1.82, 2.24) is 0 Å². The zero-order valence-corrected chi connectivity index (χ0v) is 10.8. The molecule has 0 saturated heterocycles. The first-order valence-electron chi connectivity index (χ1n) is 6.29. The molecule has 1 saturated carbocycles. The molecule has 1 nitrogen and oxygen atoms in total. The van der Waals surface area contributed by atoms with Gasteiger partial charge in [0.25, 0.3) is 0 Å². The van der Waals surface area contributed by atoms with Crippen LogP contribution in [-0.4, -0.2) is 11.3 Å². The zero-order chi connectivity index (χ0) is 11.4. The Morgan fingerprint density at radius 2 is 1.75 bits per heavy atom. The highest BCUT2D eigenvalue weighted by Crippen LogP contribution is 2.33. The summed E-state index contributed by atoms with van der Waals surface area (Å²) in [5, 5.41) is 0.785. The van der Waals surface area contributed by atoms with Crippen molar-refractivity contribution in [3.05, 3.63) is 29.8 Å². The van der Waals surface area contributed by atoms with Gasteiger partial charge in [0.15, 0.2) is 0 Å². The molecular weight excluding hydrogens is 214 g/mol. The summed E-state index contributed by atoms with van der Waals surface area (Å²) in [6, 6.07) is 9.48. The Morgan fingerprint density at radius 1 is 1.12 bits per heavy atom. The molecule has 0 radical (unpaired) electrons. The van der Waals surface area contributed by atoms with E-state index in [-0.39, 0.29) is 0 Å². The fraction of sp³-hybridized carbons (Fsp3) is 0.571. The lowest BCUT2D eigenvalue weighted by molar-refractivity contribution is 0.451. The Kier molecular flexibility index (Phi) is 4.30. The second kappa shape index (κ2) is 5.74. The van der Waals surface area contributed by atoms with Crippen LogP contribution in [0.2, 0.25) is 0 Å². The van der Waals surface area contributed by atoms with Crippen molar-refractivity contribution in [1.29, 1.82) is 0 Å². The van der Waals surface area contributed by atoms with Crippen LogP contribution >= 0.6 is 11.8 Å². The summed E-state index contributed by atoms with van der Waals surface area (Å²) in [7, 11) is 0. The first-order chi connectivity index (χ1) is 7.78. The van der Waals surface area contributed by atoms with Gasteiger partial charge in [0.05, 0.1) is 0 Å². The molecule has 1 aliphatic carbocycles. The van der Waals surface area contributed by atoms with E-state index >= 15 is 0 Å². The standard InChI is InChI=1S/C14H21NS/c1-2-11-3-7-13(8-4-11)16-14-9-5-12(15)6-10-14/h3-4,7-8,12,14H,2,5-6,9-10,15H2,1H3. The second-order valence-electron chi connectivity index (χ2n) is 4.65. The van der Waals surface area contributed by atoms with Crippen LogP contribution in [-0.2, 0) is 6.42 Å². The lowest BCUT2D eigenvalue weighted by Gasteiger charge is -2.25. The minimum atomic E-state index is 0.458. The summed E-state index contributed by atoms with van der Waals surface area (Å²) in [6.07, 6.45) is 6.08. The van der Waals surface area contributed by atoms with Crippen molar-refractivity contribution in [2.75, 3.05) is 0 Å². The molecule has 0 bridgehead atoms. The molecule has 16 heavy (non-hydrogen) atoms. The predicted molar refractivity (Wildman–Crippen MR) is 71.9 cm³/mol. The Balaban J connectivity index is 1.88. The number of hydrogen-bond acceptors (Lipinski definition) is 2. The SMILES string of the molecule is CCc1ccc(SC2CCC(N)CC2)cc1. The molecule has 2 heteroatoms. The van der Waals surface area contributed by atoms with Crippen molar-refractivity contribution in [3.8, 4) is 0 Å². The maximum atomic E-state index is 5.92. The molecule has 1 aromatic rings. The topological polar surface area (TPSA) is 26.0 Å². The van der Waals surface area contributed by atoms with Crippen LogP contribution in [0.25, 0.3) is 0 Å². The Morgan fingerprint density at radius 3 is 2.31 bits per heavy atom. The molecule has 0 atom stereocenters. The summed E-state index contributed by atoms with van der Waals surface area (Å²) in [5.74, 6) is 0. The molecular formula is C14H21NS. The summed E-state index contributed by atoms with van der Waals surface area (Å²) < 4.78 is 0. The maximum Gasteiger partial charge on any atom is 0.00955 e. The van der Waals surface area contributed by atoms with Gasteiger partial charge in [0.1, 0.15) is 0 Å². The molecule has 2 rings (SSSR count). The molecule has 88 valence electrons. The van der Waals surface area contributed by atoms with Gasteiger partial charge in [0, 0.05) is 16.2 Å². The molecule has 2 N–H and O–H groups in total. The largest absolute Gasteiger partial charge is 0.328 e. The number of thioether (sulfide) groups is 1. The fourth-order valence-corrected chi connectivity index (χ4v) is 3.39. The average molecular weight is 235 g/mol. The number of nitrogens with two attached hydrogens (primary N) is 1. The molecule has 0 amide bonds. The minimum Gasteiger partial charge on any atom is -0.328 e. The molecule has 0 unspecified atom stereocenters. The van der Waals surface area contributed by atoms with E-state index in [9.17, 15) is 0 Å². The van der Waals surface area contributed by atoms with E-state index in [2.05, 4.69) is 31.2 Å². The van der Waals surface area contributed by atoms with Crippen LogP contribution in [0.15, 0.2) is 29.2 Å². The van der Waals surface area contributed by atoms with Gasteiger partial charge in [-0.1, -0.05) is 19.1 Å². The summed E-state index contributed by atoms with van der Waals surface area (Å²) >= 11 is 2.03. The van der Waals surface area contributed by atoms with Gasteiger partial charge in [-0.25, -0.2) is 0 Å². The van der Waals surface area contributed by atoms with Crippen LogP contribution in [0.4, 0.5) is 0 Å². The van der Waals surface area contributed by atoms with Gasteiger partial charge in [-0.05, 0) is 49.8 Å². The Hall–Kier alpha value is -0.470. The van der Waals surface area contributed by atoms with Crippen molar-refractivity contribution in [2.45, 2.75) is 55.2 Å². The second-order valence-corrected chi connectivity index (χ2v) is 6.03. The normalized spacial score (nSPS) is 25.6. The van der Waals surface area contributed by atoms with E-state index in [0.717, 1.165) is 11.7 Å². The molecule has 1 fully saturated rings. The monoisotopic (exact) mass is 235 g/mol. The minimum absolute atomic E-state index is 0.458. The highest BCUT2D eigenvalue weighted by atomic mass is 32.2. The first kappa shape index (κ1) is 12.0. The van der Waals surface area contributed by atoms with E-state index in [0.29, 0.717) is 6.04 Å². The van der Waals surface area contributed by atoms with E-state index < -0.39 is 0 Å². The third kappa shape index (κ3) is 3.26. The highest BCUT2D eigenvalue weighted by molar-refractivity contribution is 8.00. The van der Waals surface area contributed by atoms with E-state index in [1.54, 1.807) is 0 Å². The zero-order valence-electron chi connectivity index (χ0n) is 9.99. The molecule has 1 aromatic carbocycles. The van der Waals surface area contributed by atoms with E-state index in [4.69, 9.17) is 5.73 Å². The van der Waals surface area contributed by atoms with Gasteiger partial charge in [0.2, 0.25) is 0 Å². The third-order valence-corrected chi connectivity index (χ3v) is 4.70. The lowest BCUT2D eigenvalue weighted by Crippen LogP contribution is -2.27. The van der Waals surface area contributed by atoms with Crippen LogP contribution in [0.1, 0.15) is 38.2 Å². The Labute approximate surface area is 103 Å². The van der Waals surface area contributed by atoms with Gasteiger partial charge >= 0.3 is 0 Å². The number of benzene rings is 1. The van der Waals surface area contributed by atoms with E-state index in [1.165, 1.54) is 36.1 Å². The molecule has 0 spiro atoms. The first-order valence-corrected chi connectivity index (χ1v) is 7.17. The molecule has 1 aliphatic rings. The van der Waals surface area contributed by atoms with E-state index in [1.807, 2.05) is 11.8 Å². The Bertz CT molecular complexity index is 312. The fourth-order valence-electron chi connectivity index (χ4n) is 2.20. The van der Waals surface area contributed by atoms with Gasteiger partial charge in [-0.2, -0.15) is 0 Å².